The van der Waals surface area contributed by atoms with Crippen LogP contribution in [0.3, 0.4) is 0 Å². The highest BCUT2D eigenvalue weighted by atomic mass is 32.2. The molecule has 7 nitrogen and oxygen atoms in total. The zero-order valence-corrected chi connectivity index (χ0v) is 13.8. The first-order valence-electron chi connectivity index (χ1n) is 7.05. The van der Waals surface area contributed by atoms with Crippen LogP contribution < -0.4 is 4.72 Å². The molecule has 0 bridgehead atoms. The van der Waals surface area contributed by atoms with Crippen molar-refractivity contribution in [2.45, 2.75) is 38.1 Å². The number of aromatic nitrogens is 1. The molecule has 2 rings (SSSR count). The molecule has 23 heavy (non-hydrogen) atoms. The SMILES string of the molecule is CCC(NS(=O)(=O)c1ccccc1C(=O)O)c1c(C)noc1C. The number of aryl methyl sites for hydroxylation is 2. The number of nitrogens with zero attached hydrogens (tertiary/aromatic N) is 1. The van der Waals surface area contributed by atoms with E-state index in [1.807, 2.05) is 6.92 Å². The maximum Gasteiger partial charge on any atom is 0.337 e. The summed E-state index contributed by atoms with van der Waals surface area (Å²) in [7, 11) is -4.01. The number of carboxylic acid groups (broad SMARTS) is 1. The molecule has 1 atom stereocenters. The second kappa shape index (κ2) is 6.51. The first-order valence-corrected chi connectivity index (χ1v) is 8.53. The van der Waals surface area contributed by atoms with E-state index in [0.29, 0.717) is 23.4 Å². The van der Waals surface area contributed by atoms with Gasteiger partial charge in [0, 0.05) is 5.56 Å². The van der Waals surface area contributed by atoms with Gasteiger partial charge >= 0.3 is 5.97 Å². The van der Waals surface area contributed by atoms with Crippen molar-refractivity contribution in [3.05, 3.63) is 46.8 Å². The monoisotopic (exact) mass is 338 g/mol. The van der Waals surface area contributed by atoms with Crippen LogP contribution in [-0.2, 0) is 10.0 Å². The number of aromatic carboxylic acids is 1. The molecular weight excluding hydrogens is 320 g/mol. The Kier molecular flexibility index (Phi) is 4.86. The molecule has 0 aliphatic heterocycles. The van der Waals surface area contributed by atoms with Crippen LogP contribution in [0.4, 0.5) is 0 Å². The molecular formula is C15H18N2O5S. The van der Waals surface area contributed by atoms with Gasteiger partial charge in [-0.05, 0) is 32.4 Å². The quantitative estimate of drug-likeness (QED) is 0.837. The molecule has 1 aromatic heterocycles. The lowest BCUT2D eigenvalue weighted by molar-refractivity contribution is 0.0692. The summed E-state index contributed by atoms with van der Waals surface area (Å²) in [6.45, 7) is 5.26. The Labute approximate surface area is 134 Å². The number of nitrogens with one attached hydrogen (secondary N) is 1. The fourth-order valence-corrected chi connectivity index (χ4v) is 3.95. The second-order valence-corrected chi connectivity index (χ2v) is 6.80. The molecule has 1 aromatic carbocycles. The van der Waals surface area contributed by atoms with Crippen molar-refractivity contribution in [1.29, 1.82) is 0 Å². The molecule has 0 saturated heterocycles. The number of carbonyl (C=O) groups is 1. The number of carboxylic acids is 1. The molecule has 0 radical (unpaired) electrons. The molecule has 0 fully saturated rings. The largest absolute Gasteiger partial charge is 0.478 e. The lowest BCUT2D eigenvalue weighted by Gasteiger charge is -2.18. The van der Waals surface area contributed by atoms with Gasteiger partial charge in [-0.3, -0.25) is 0 Å². The van der Waals surface area contributed by atoms with E-state index in [0.717, 1.165) is 0 Å². The van der Waals surface area contributed by atoms with Crippen LogP contribution in [0.15, 0.2) is 33.7 Å². The lowest BCUT2D eigenvalue weighted by atomic mass is 10.0. The van der Waals surface area contributed by atoms with E-state index in [-0.39, 0.29) is 10.5 Å². The van der Waals surface area contributed by atoms with Gasteiger partial charge in [-0.15, -0.1) is 0 Å². The standard InChI is InChI=1S/C15H18N2O5S/c1-4-12(14-9(2)16-22-10(14)3)17-23(20,21)13-8-6-5-7-11(13)15(18)19/h5-8,12,17H,4H2,1-3H3,(H,18,19). The normalized spacial score (nSPS) is 13.0. The van der Waals surface area contributed by atoms with Crippen molar-refractivity contribution in [2.75, 3.05) is 0 Å². The fraction of sp³-hybridized carbons (Fsp3) is 0.333. The van der Waals surface area contributed by atoms with Gasteiger partial charge in [0.1, 0.15) is 5.76 Å². The minimum atomic E-state index is -4.01. The maximum absolute atomic E-state index is 12.6. The number of hydrogen-bond acceptors (Lipinski definition) is 5. The van der Waals surface area contributed by atoms with Crippen molar-refractivity contribution in [3.63, 3.8) is 0 Å². The van der Waals surface area contributed by atoms with E-state index in [9.17, 15) is 18.3 Å². The minimum absolute atomic E-state index is 0.266. The highest BCUT2D eigenvalue weighted by molar-refractivity contribution is 7.89. The van der Waals surface area contributed by atoms with Gasteiger partial charge in [0.05, 0.1) is 22.2 Å². The number of benzene rings is 1. The topological polar surface area (TPSA) is 110 Å². The van der Waals surface area contributed by atoms with Gasteiger partial charge in [-0.25, -0.2) is 17.9 Å². The first kappa shape index (κ1) is 17.2. The smallest absolute Gasteiger partial charge is 0.337 e. The predicted molar refractivity (Wildman–Crippen MR) is 82.7 cm³/mol. The molecule has 1 heterocycles. The third-order valence-corrected chi connectivity index (χ3v) is 5.08. The van der Waals surface area contributed by atoms with Crippen LogP contribution in [0.25, 0.3) is 0 Å². The van der Waals surface area contributed by atoms with Crippen LogP contribution in [0, 0.1) is 13.8 Å². The predicted octanol–water partition coefficient (Wildman–Crippen LogP) is 2.42. The summed E-state index contributed by atoms with van der Waals surface area (Å²) in [5.41, 5.74) is 1.00. The van der Waals surface area contributed by atoms with Crippen LogP contribution in [0.1, 0.15) is 46.8 Å². The number of hydrogen-bond donors (Lipinski definition) is 2. The van der Waals surface area contributed by atoms with Gasteiger partial charge in [0.25, 0.3) is 0 Å². The summed E-state index contributed by atoms with van der Waals surface area (Å²) in [5, 5.41) is 13.0. The summed E-state index contributed by atoms with van der Waals surface area (Å²) >= 11 is 0. The van der Waals surface area contributed by atoms with E-state index >= 15 is 0 Å². The van der Waals surface area contributed by atoms with Gasteiger partial charge in [-0.2, -0.15) is 0 Å². The molecule has 2 N–H and O–H groups in total. The van der Waals surface area contributed by atoms with Crippen molar-refractivity contribution >= 4 is 16.0 Å². The van der Waals surface area contributed by atoms with Crippen LogP contribution in [0.2, 0.25) is 0 Å². The Hall–Kier alpha value is -2.19. The van der Waals surface area contributed by atoms with Crippen LogP contribution in [0.5, 0.6) is 0 Å². The molecule has 0 spiro atoms. The molecule has 2 aromatic rings. The maximum atomic E-state index is 12.6. The first-order chi connectivity index (χ1) is 10.8. The van der Waals surface area contributed by atoms with E-state index in [1.165, 1.54) is 24.3 Å². The van der Waals surface area contributed by atoms with Crippen LogP contribution >= 0.6 is 0 Å². The average Bonchev–Trinajstić information content (AvgIpc) is 2.84. The zero-order valence-electron chi connectivity index (χ0n) is 13.0. The average molecular weight is 338 g/mol. The second-order valence-electron chi connectivity index (χ2n) is 5.12. The highest BCUT2D eigenvalue weighted by Crippen LogP contribution is 2.26. The van der Waals surface area contributed by atoms with E-state index < -0.39 is 22.0 Å². The van der Waals surface area contributed by atoms with E-state index in [4.69, 9.17) is 4.52 Å². The Morgan fingerprint density at radius 1 is 1.35 bits per heavy atom. The summed E-state index contributed by atoms with van der Waals surface area (Å²) in [4.78, 5) is 11.0. The number of sulfonamides is 1. The number of rotatable bonds is 6. The molecule has 0 saturated carbocycles. The highest BCUT2D eigenvalue weighted by Gasteiger charge is 2.28. The minimum Gasteiger partial charge on any atom is -0.478 e. The molecule has 0 aliphatic carbocycles. The van der Waals surface area contributed by atoms with Crippen molar-refractivity contribution in [2.24, 2.45) is 0 Å². The summed E-state index contributed by atoms with van der Waals surface area (Å²) < 4.78 is 32.9. The van der Waals surface area contributed by atoms with Gasteiger partial charge in [0.15, 0.2) is 0 Å². The Morgan fingerprint density at radius 2 is 2.00 bits per heavy atom. The Morgan fingerprint density at radius 3 is 2.52 bits per heavy atom. The van der Waals surface area contributed by atoms with E-state index in [1.54, 1.807) is 13.8 Å². The van der Waals surface area contributed by atoms with Gasteiger partial charge < -0.3 is 9.63 Å². The molecule has 124 valence electrons. The Balaban J connectivity index is 2.43. The van der Waals surface area contributed by atoms with Crippen molar-refractivity contribution < 1.29 is 22.8 Å². The summed E-state index contributed by atoms with van der Waals surface area (Å²) in [6, 6.07) is 4.94. The van der Waals surface area contributed by atoms with Crippen molar-refractivity contribution in [1.82, 2.24) is 9.88 Å². The summed E-state index contributed by atoms with van der Waals surface area (Å²) in [5.74, 6) is -0.764. The van der Waals surface area contributed by atoms with Gasteiger partial charge in [0.2, 0.25) is 10.0 Å². The Bertz CT molecular complexity index is 807. The lowest BCUT2D eigenvalue weighted by Crippen LogP contribution is -2.30. The third-order valence-electron chi connectivity index (χ3n) is 3.55. The molecule has 1 unspecified atom stereocenters. The molecule has 8 heteroatoms. The third kappa shape index (κ3) is 3.43. The van der Waals surface area contributed by atoms with Crippen molar-refractivity contribution in [3.8, 4) is 0 Å². The van der Waals surface area contributed by atoms with Crippen LogP contribution in [-0.4, -0.2) is 24.7 Å². The summed E-state index contributed by atoms with van der Waals surface area (Å²) in [6.07, 6.45) is 0.470. The molecule has 0 aliphatic rings. The van der Waals surface area contributed by atoms with Gasteiger partial charge in [-0.1, -0.05) is 24.2 Å². The zero-order chi connectivity index (χ0) is 17.2. The fourth-order valence-electron chi connectivity index (χ4n) is 2.46. The van der Waals surface area contributed by atoms with E-state index in [2.05, 4.69) is 9.88 Å². The molecule has 0 amide bonds.